The predicted octanol–water partition coefficient (Wildman–Crippen LogP) is 2.89. The van der Waals surface area contributed by atoms with Gasteiger partial charge in [-0.25, -0.2) is 8.78 Å². The molecule has 0 aromatic carbocycles. The van der Waals surface area contributed by atoms with Crippen LogP contribution in [0.1, 0.15) is 35.7 Å². The van der Waals surface area contributed by atoms with E-state index in [0.29, 0.717) is 5.69 Å². The van der Waals surface area contributed by atoms with E-state index in [9.17, 15) is 13.6 Å². The third-order valence-electron chi connectivity index (χ3n) is 2.40. The summed E-state index contributed by atoms with van der Waals surface area (Å²) in [6, 6.07) is 1.72. The Kier molecular flexibility index (Phi) is 5.83. The minimum absolute atomic E-state index is 0.187. The summed E-state index contributed by atoms with van der Waals surface area (Å²) in [6.45, 7) is 1.83. The third-order valence-corrected chi connectivity index (χ3v) is 2.93. The van der Waals surface area contributed by atoms with Crippen LogP contribution in [0.5, 0.6) is 0 Å². The van der Waals surface area contributed by atoms with Crippen molar-refractivity contribution in [2.75, 3.05) is 6.61 Å². The van der Waals surface area contributed by atoms with Crippen LogP contribution in [0, 0.1) is 11.3 Å². The summed E-state index contributed by atoms with van der Waals surface area (Å²) in [5.74, 6) is -0.575. The Hall–Kier alpha value is -1.55. The Morgan fingerprint density at radius 3 is 2.79 bits per heavy atom. The molecule has 0 radical (unpaired) electrons. The maximum absolute atomic E-state index is 12.8. The fourth-order valence-electron chi connectivity index (χ4n) is 1.57. The molecule has 1 heterocycles. The van der Waals surface area contributed by atoms with Gasteiger partial charge in [-0.15, -0.1) is 0 Å². The van der Waals surface area contributed by atoms with Crippen molar-refractivity contribution in [3.05, 3.63) is 28.6 Å². The fraction of sp³-hybridized carbons (Fsp3) is 0.417. The number of nitriles is 1. The second-order valence-corrected chi connectivity index (χ2v) is 4.10. The zero-order chi connectivity index (χ0) is 14.4. The molecule has 0 unspecified atom stereocenters. The second kappa shape index (κ2) is 7.14. The van der Waals surface area contributed by atoms with E-state index in [2.05, 4.69) is 20.9 Å². The van der Waals surface area contributed by atoms with Gasteiger partial charge in [-0.1, -0.05) is 15.9 Å². The highest BCUT2D eigenvalue weighted by Gasteiger charge is 2.22. The minimum atomic E-state index is -2.81. The molecule has 1 rings (SSSR count). The zero-order valence-electron chi connectivity index (χ0n) is 10.1. The summed E-state index contributed by atoms with van der Waals surface area (Å²) in [7, 11) is 0. The van der Waals surface area contributed by atoms with Crippen LogP contribution in [0.2, 0.25) is 0 Å². The van der Waals surface area contributed by atoms with Crippen LogP contribution >= 0.6 is 15.9 Å². The number of alkyl halides is 3. The summed E-state index contributed by atoms with van der Waals surface area (Å²) >= 11 is 3.15. The molecule has 0 aliphatic rings. The van der Waals surface area contributed by atoms with E-state index in [1.165, 1.54) is 0 Å². The van der Waals surface area contributed by atoms with Crippen molar-refractivity contribution < 1.29 is 18.3 Å². The number of rotatable bonds is 5. The molecule has 0 aliphatic heterocycles. The number of nitrogens with zero attached hydrogens (tertiary/aromatic N) is 2. The van der Waals surface area contributed by atoms with Crippen molar-refractivity contribution in [3.63, 3.8) is 0 Å². The molecule has 0 fully saturated rings. The van der Waals surface area contributed by atoms with E-state index in [-0.39, 0.29) is 29.5 Å². The van der Waals surface area contributed by atoms with Gasteiger partial charge in [0, 0.05) is 17.1 Å². The van der Waals surface area contributed by atoms with Crippen molar-refractivity contribution in [1.29, 1.82) is 5.26 Å². The highest BCUT2D eigenvalue weighted by molar-refractivity contribution is 9.08. The van der Waals surface area contributed by atoms with E-state index in [1.807, 2.05) is 0 Å². The summed E-state index contributed by atoms with van der Waals surface area (Å²) in [4.78, 5) is 15.3. The van der Waals surface area contributed by atoms with Crippen molar-refractivity contribution in [1.82, 2.24) is 4.98 Å². The number of carbonyl (C=O) groups excluding carboxylic acids is 1. The zero-order valence-corrected chi connectivity index (χ0v) is 11.7. The number of ether oxygens (including phenoxy) is 1. The Balaban J connectivity index is 3.28. The lowest BCUT2D eigenvalue weighted by Gasteiger charge is -2.11. The van der Waals surface area contributed by atoms with E-state index >= 15 is 0 Å². The predicted molar refractivity (Wildman–Crippen MR) is 66.9 cm³/mol. The molecule has 0 amide bonds. The summed E-state index contributed by atoms with van der Waals surface area (Å²) in [5, 5.41) is 9.30. The quantitative estimate of drug-likeness (QED) is 0.614. The molecular formula is C12H11BrF2N2O2. The van der Waals surface area contributed by atoms with Crippen molar-refractivity contribution in [2.24, 2.45) is 0 Å². The average Bonchev–Trinajstić information content (AvgIpc) is 2.38. The SMILES string of the molecule is CCOC(=O)Cc1c(CBr)ncc(C(F)F)c1C#N. The topological polar surface area (TPSA) is 63.0 Å². The van der Waals surface area contributed by atoms with Crippen LogP contribution in [0.25, 0.3) is 0 Å². The molecule has 4 nitrogen and oxygen atoms in total. The van der Waals surface area contributed by atoms with Gasteiger partial charge in [0.25, 0.3) is 6.43 Å². The fourth-order valence-corrected chi connectivity index (χ4v) is 2.05. The van der Waals surface area contributed by atoms with Gasteiger partial charge in [0.15, 0.2) is 0 Å². The highest BCUT2D eigenvalue weighted by Crippen LogP contribution is 2.27. The lowest BCUT2D eigenvalue weighted by molar-refractivity contribution is -0.142. The Labute approximate surface area is 117 Å². The first-order chi connectivity index (χ1) is 9.04. The summed E-state index contributed by atoms with van der Waals surface area (Å²) in [5.41, 5.74) is -0.0939. The second-order valence-electron chi connectivity index (χ2n) is 3.54. The number of esters is 1. The van der Waals surface area contributed by atoms with Crippen LogP contribution in [-0.4, -0.2) is 17.6 Å². The molecule has 1 aromatic rings. The molecule has 0 aliphatic carbocycles. The largest absolute Gasteiger partial charge is 0.466 e. The molecule has 7 heteroatoms. The Morgan fingerprint density at radius 1 is 1.63 bits per heavy atom. The molecule has 0 N–H and O–H groups in total. The number of halogens is 3. The van der Waals surface area contributed by atoms with Gasteiger partial charge in [-0.2, -0.15) is 5.26 Å². The van der Waals surface area contributed by atoms with Gasteiger partial charge in [-0.3, -0.25) is 9.78 Å². The maximum Gasteiger partial charge on any atom is 0.310 e. The maximum atomic E-state index is 12.8. The van der Waals surface area contributed by atoms with Crippen molar-refractivity contribution >= 4 is 21.9 Å². The van der Waals surface area contributed by atoms with E-state index < -0.39 is 18.0 Å². The number of pyridine rings is 1. The van der Waals surface area contributed by atoms with Crippen LogP contribution in [-0.2, 0) is 21.3 Å². The number of carbonyl (C=O) groups is 1. The molecule has 19 heavy (non-hydrogen) atoms. The molecule has 0 saturated carbocycles. The monoisotopic (exact) mass is 332 g/mol. The highest BCUT2D eigenvalue weighted by atomic mass is 79.9. The minimum Gasteiger partial charge on any atom is -0.466 e. The van der Waals surface area contributed by atoms with Crippen LogP contribution < -0.4 is 0 Å². The summed E-state index contributed by atoms with van der Waals surface area (Å²) < 4.78 is 30.4. The Bertz CT molecular complexity index is 515. The van der Waals surface area contributed by atoms with Crippen LogP contribution in [0.4, 0.5) is 8.78 Å². The summed E-state index contributed by atoms with van der Waals surface area (Å²) in [6.07, 6.45) is -2.09. The van der Waals surface area contributed by atoms with Crippen molar-refractivity contribution in [3.8, 4) is 6.07 Å². The van der Waals surface area contributed by atoms with E-state index in [1.54, 1.807) is 13.0 Å². The molecule has 0 bridgehead atoms. The molecule has 1 aromatic heterocycles. The lowest BCUT2D eigenvalue weighted by Crippen LogP contribution is -2.13. The van der Waals surface area contributed by atoms with Crippen LogP contribution in [0.3, 0.4) is 0 Å². The first-order valence-corrected chi connectivity index (χ1v) is 6.57. The van der Waals surface area contributed by atoms with Gasteiger partial charge in [0.1, 0.15) is 6.07 Å². The molecule has 0 saturated heterocycles. The smallest absolute Gasteiger partial charge is 0.310 e. The van der Waals surface area contributed by atoms with E-state index in [0.717, 1.165) is 6.20 Å². The van der Waals surface area contributed by atoms with Gasteiger partial charge < -0.3 is 4.74 Å². The van der Waals surface area contributed by atoms with Gasteiger partial charge >= 0.3 is 5.97 Å². The first kappa shape index (κ1) is 15.5. The number of aromatic nitrogens is 1. The Morgan fingerprint density at radius 2 is 2.32 bits per heavy atom. The average molecular weight is 333 g/mol. The van der Waals surface area contributed by atoms with Gasteiger partial charge in [0.2, 0.25) is 0 Å². The molecule has 102 valence electrons. The van der Waals surface area contributed by atoms with Gasteiger partial charge in [0.05, 0.1) is 29.8 Å². The van der Waals surface area contributed by atoms with E-state index in [4.69, 9.17) is 10.00 Å². The molecule has 0 atom stereocenters. The lowest BCUT2D eigenvalue weighted by atomic mass is 10.00. The number of hydrogen-bond acceptors (Lipinski definition) is 4. The number of hydrogen-bond donors (Lipinski definition) is 0. The third kappa shape index (κ3) is 3.70. The van der Waals surface area contributed by atoms with Crippen LogP contribution in [0.15, 0.2) is 6.20 Å². The standard InChI is InChI=1S/C12H11BrF2N2O2/c1-2-19-11(18)3-7-8(5-16)9(12(14)15)6-17-10(7)4-13/h6,12H,2-4H2,1H3. The van der Waals surface area contributed by atoms with Crippen molar-refractivity contribution in [2.45, 2.75) is 25.1 Å². The molecular weight excluding hydrogens is 322 g/mol. The first-order valence-electron chi connectivity index (χ1n) is 5.45. The van der Waals surface area contributed by atoms with Gasteiger partial charge in [-0.05, 0) is 6.92 Å². The normalized spacial score (nSPS) is 10.3. The molecule has 0 spiro atoms.